The van der Waals surface area contributed by atoms with E-state index in [1.54, 1.807) is 0 Å². The molecule has 0 unspecified atom stereocenters. The first-order chi connectivity index (χ1) is 39.2. The van der Waals surface area contributed by atoms with E-state index in [4.69, 9.17) is 0 Å². The van der Waals surface area contributed by atoms with Crippen molar-refractivity contribution >= 4 is 81.7 Å². The Morgan fingerprint density at radius 3 is 0.430 bits per heavy atom. The summed E-state index contributed by atoms with van der Waals surface area (Å²) >= 11 is 0. The first-order valence-corrected chi connectivity index (χ1v) is 27.3. The first kappa shape index (κ1) is 46.0. The Morgan fingerprint density at radius 1 is 0.127 bits per heavy atom. The van der Waals surface area contributed by atoms with Gasteiger partial charge in [0.15, 0.2) is 0 Å². The summed E-state index contributed by atoms with van der Waals surface area (Å²) in [7, 11) is 0. The van der Waals surface area contributed by atoms with Crippen LogP contribution in [0.15, 0.2) is 309 Å². The van der Waals surface area contributed by atoms with Crippen LogP contribution >= 0.6 is 0 Å². The van der Waals surface area contributed by atoms with Gasteiger partial charge in [0, 0.05) is 17.1 Å². The summed E-state index contributed by atoms with van der Waals surface area (Å²) in [5.41, 5.74) is 18.0. The maximum atomic E-state index is 2.41. The van der Waals surface area contributed by atoms with Gasteiger partial charge < -0.3 is 4.90 Å². The molecule has 15 aromatic rings. The second-order valence-corrected chi connectivity index (χ2v) is 20.6. The fourth-order valence-corrected chi connectivity index (χ4v) is 12.8. The van der Waals surface area contributed by atoms with Crippen molar-refractivity contribution in [3.05, 3.63) is 309 Å². The first-order valence-electron chi connectivity index (χ1n) is 27.3. The molecule has 368 valence electrons. The summed E-state index contributed by atoms with van der Waals surface area (Å²) < 4.78 is 0. The summed E-state index contributed by atoms with van der Waals surface area (Å²) in [4.78, 5) is 2.41. The Bertz CT molecular complexity index is 4110. The lowest BCUT2D eigenvalue weighted by atomic mass is 9.86. The van der Waals surface area contributed by atoms with Gasteiger partial charge in [0.05, 0.1) is 0 Å². The molecule has 15 rings (SSSR count). The molecule has 0 aliphatic carbocycles. The van der Waals surface area contributed by atoms with Crippen LogP contribution < -0.4 is 4.90 Å². The van der Waals surface area contributed by atoms with Crippen molar-refractivity contribution in [3.8, 4) is 66.8 Å². The molecule has 0 saturated carbocycles. The van der Waals surface area contributed by atoms with Gasteiger partial charge in [0.2, 0.25) is 0 Å². The van der Waals surface area contributed by atoms with Crippen LogP contribution in [0.1, 0.15) is 0 Å². The Morgan fingerprint density at radius 2 is 0.266 bits per heavy atom. The molecule has 15 aromatic carbocycles. The van der Waals surface area contributed by atoms with Crippen molar-refractivity contribution < 1.29 is 0 Å². The van der Waals surface area contributed by atoms with Crippen LogP contribution in [-0.2, 0) is 0 Å². The van der Waals surface area contributed by atoms with Crippen molar-refractivity contribution in [3.63, 3.8) is 0 Å². The van der Waals surface area contributed by atoms with E-state index < -0.39 is 0 Å². The Balaban J connectivity index is 0.894. The van der Waals surface area contributed by atoms with Crippen molar-refractivity contribution in [2.45, 2.75) is 0 Å². The number of benzene rings is 15. The fourth-order valence-electron chi connectivity index (χ4n) is 12.8. The van der Waals surface area contributed by atoms with E-state index in [0.717, 1.165) is 17.1 Å². The minimum absolute atomic E-state index is 1.07. The zero-order valence-corrected chi connectivity index (χ0v) is 43.4. The van der Waals surface area contributed by atoms with Crippen LogP contribution in [0, 0.1) is 0 Å². The van der Waals surface area contributed by atoms with Gasteiger partial charge in [-0.1, -0.05) is 273 Å². The molecule has 0 fully saturated rings. The summed E-state index contributed by atoms with van der Waals surface area (Å²) in [6, 6.07) is 114. The fraction of sp³-hybridized carbons (Fsp3) is 0. The Hall–Kier alpha value is -10.3. The SMILES string of the molecule is c1ccc(-c2c3ccccc3c(-c3ccc(N(c4ccc(-c5c6ccccc6c(-c6ccccc6)c6ccccc56)cc4)c4ccc(-c5c6ccccc6c(-c6ccccc6)c6ccccc56)cc4)cc3)c3ccccc23)cc1. The lowest BCUT2D eigenvalue weighted by molar-refractivity contribution is 1.28. The largest absolute Gasteiger partial charge is 0.311 e. The molecule has 0 atom stereocenters. The average Bonchev–Trinajstić information content (AvgIpc) is 3.71. The van der Waals surface area contributed by atoms with Gasteiger partial charge in [-0.05, 0) is 168 Å². The normalized spacial score (nSPS) is 11.5. The number of hydrogen-bond donors (Lipinski definition) is 0. The molecule has 0 amide bonds. The number of rotatable bonds is 9. The highest BCUT2D eigenvalue weighted by atomic mass is 15.1. The molecule has 0 saturated heterocycles. The minimum atomic E-state index is 1.07. The van der Waals surface area contributed by atoms with E-state index >= 15 is 0 Å². The van der Waals surface area contributed by atoms with Crippen molar-refractivity contribution in [2.24, 2.45) is 0 Å². The Kier molecular flexibility index (Phi) is 11.3. The highest BCUT2D eigenvalue weighted by molar-refractivity contribution is 6.24. The summed E-state index contributed by atoms with van der Waals surface area (Å²) in [6.45, 7) is 0. The molecule has 1 nitrogen and oxygen atoms in total. The Labute approximate surface area is 460 Å². The molecule has 0 N–H and O–H groups in total. The van der Waals surface area contributed by atoms with E-state index in [-0.39, 0.29) is 0 Å². The van der Waals surface area contributed by atoms with Gasteiger partial charge in [-0.15, -0.1) is 0 Å². The van der Waals surface area contributed by atoms with Gasteiger partial charge in [-0.25, -0.2) is 0 Å². The highest BCUT2D eigenvalue weighted by Crippen LogP contribution is 2.49. The zero-order chi connectivity index (χ0) is 52.2. The predicted octanol–water partition coefficient (Wildman–Crippen LogP) is 22.1. The van der Waals surface area contributed by atoms with Crippen molar-refractivity contribution in [1.29, 1.82) is 0 Å². The number of anilines is 3. The number of nitrogens with zero attached hydrogens (tertiary/aromatic N) is 1. The summed E-state index contributed by atoms with van der Waals surface area (Å²) in [5.74, 6) is 0. The third-order valence-electron chi connectivity index (χ3n) is 16.2. The quantitative estimate of drug-likeness (QED) is 0.130. The van der Waals surface area contributed by atoms with Crippen LogP contribution in [-0.4, -0.2) is 0 Å². The number of hydrogen-bond acceptors (Lipinski definition) is 1. The van der Waals surface area contributed by atoms with Gasteiger partial charge in [0.1, 0.15) is 0 Å². The smallest absolute Gasteiger partial charge is 0.0462 e. The second kappa shape index (κ2) is 19.3. The molecule has 0 aromatic heterocycles. The van der Waals surface area contributed by atoms with Crippen molar-refractivity contribution in [2.75, 3.05) is 4.90 Å². The highest BCUT2D eigenvalue weighted by Gasteiger charge is 2.22. The van der Waals surface area contributed by atoms with Crippen LogP contribution in [0.2, 0.25) is 0 Å². The third-order valence-corrected chi connectivity index (χ3v) is 16.2. The third kappa shape index (κ3) is 7.78. The van der Waals surface area contributed by atoms with E-state index in [2.05, 4.69) is 314 Å². The molecular weight excluding hydrogens is 951 g/mol. The molecule has 0 spiro atoms. The van der Waals surface area contributed by atoms with Crippen molar-refractivity contribution in [1.82, 2.24) is 0 Å². The molecule has 0 aliphatic rings. The molecule has 0 heterocycles. The number of fused-ring (bicyclic) bond motifs is 6. The maximum Gasteiger partial charge on any atom is 0.0462 e. The monoisotopic (exact) mass is 1000 g/mol. The van der Waals surface area contributed by atoms with Gasteiger partial charge in [-0.2, -0.15) is 0 Å². The van der Waals surface area contributed by atoms with Gasteiger partial charge >= 0.3 is 0 Å². The lowest BCUT2D eigenvalue weighted by Crippen LogP contribution is -2.10. The lowest BCUT2D eigenvalue weighted by Gasteiger charge is -2.27. The topological polar surface area (TPSA) is 3.24 Å². The minimum Gasteiger partial charge on any atom is -0.311 e. The molecule has 79 heavy (non-hydrogen) atoms. The predicted molar refractivity (Wildman–Crippen MR) is 339 cm³/mol. The molecule has 0 radical (unpaired) electrons. The second-order valence-electron chi connectivity index (χ2n) is 20.6. The summed E-state index contributed by atoms with van der Waals surface area (Å²) in [6.07, 6.45) is 0. The van der Waals surface area contributed by atoms with Crippen LogP contribution in [0.3, 0.4) is 0 Å². The van der Waals surface area contributed by atoms with Crippen LogP contribution in [0.5, 0.6) is 0 Å². The van der Waals surface area contributed by atoms with E-state index in [9.17, 15) is 0 Å². The van der Waals surface area contributed by atoms with Crippen LogP contribution in [0.25, 0.3) is 131 Å². The van der Waals surface area contributed by atoms with Gasteiger partial charge in [-0.3, -0.25) is 0 Å². The molecule has 0 aliphatic heterocycles. The molecule has 1 heteroatoms. The van der Waals surface area contributed by atoms with E-state index in [0.29, 0.717) is 0 Å². The van der Waals surface area contributed by atoms with Crippen LogP contribution in [0.4, 0.5) is 17.1 Å². The summed E-state index contributed by atoms with van der Waals surface area (Å²) in [5, 5.41) is 14.9. The molecule has 0 bridgehead atoms. The van der Waals surface area contributed by atoms with E-state index in [1.165, 1.54) is 131 Å². The maximum absolute atomic E-state index is 2.41. The average molecular weight is 1000 g/mol. The molecular formula is C78H51N. The zero-order valence-electron chi connectivity index (χ0n) is 43.4. The van der Waals surface area contributed by atoms with Gasteiger partial charge in [0.25, 0.3) is 0 Å². The standard InChI is InChI=1S/C78H51N/c1-4-22-52(23-5-1)73-61-28-10-16-34-67(61)76(68-35-17-11-29-62(68)73)55-40-46-58(47-41-55)79(59-48-42-56(43-49-59)77-69-36-18-12-30-63(69)74(53-24-6-2-7-25-53)64-31-13-19-37-70(64)77)60-50-44-57(45-51-60)78-71-38-20-14-32-65(71)75(54-26-8-3-9-27-54)66-33-15-21-39-72(66)78/h1-51H. The van der Waals surface area contributed by atoms with E-state index in [1.807, 2.05) is 0 Å².